The van der Waals surface area contributed by atoms with Crippen molar-refractivity contribution in [3.05, 3.63) is 83.2 Å². The third kappa shape index (κ3) is 6.53. The Kier molecular flexibility index (Phi) is 9.12. The van der Waals surface area contributed by atoms with Gasteiger partial charge in [-0.3, -0.25) is 4.79 Å². The quantitative estimate of drug-likeness (QED) is 0.174. The van der Waals surface area contributed by atoms with E-state index in [1.807, 2.05) is 55.5 Å². The van der Waals surface area contributed by atoms with Crippen molar-refractivity contribution < 1.29 is 14.7 Å². The zero-order valence-corrected chi connectivity index (χ0v) is 24.0. The van der Waals surface area contributed by atoms with Crippen molar-refractivity contribution in [1.82, 2.24) is 9.55 Å². The van der Waals surface area contributed by atoms with E-state index in [-0.39, 0.29) is 17.4 Å². The van der Waals surface area contributed by atoms with E-state index in [4.69, 9.17) is 4.98 Å². The molecule has 0 radical (unpaired) electrons. The van der Waals surface area contributed by atoms with Gasteiger partial charge in [0, 0.05) is 30.3 Å². The van der Waals surface area contributed by atoms with E-state index in [2.05, 4.69) is 43.3 Å². The van der Waals surface area contributed by atoms with Crippen LogP contribution < -0.4 is 5.32 Å². The highest BCUT2D eigenvalue weighted by atomic mass is 32.1. The van der Waals surface area contributed by atoms with Gasteiger partial charge in [-0.2, -0.15) is 12.6 Å². The molecule has 2 N–H and O–H groups in total. The fraction of sp³-hybridized carbons (Fsp3) is 0.344. The van der Waals surface area contributed by atoms with Gasteiger partial charge in [0.05, 0.1) is 16.6 Å². The number of nitrogens with zero attached hydrogens (tertiary/aromatic N) is 2. The number of nitrogens with one attached hydrogen (secondary N) is 1. The number of aromatic nitrogens is 2. The smallest absolute Gasteiger partial charge is 0.336 e. The number of fused-ring (bicyclic) bond motifs is 1. The number of carbonyl (C=O) groups is 2. The predicted octanol–water partition coefficient (Wildman–Crippen LogP) is 7.24. The Morgan fingerprint density at radius 3 is 2.44 bits per heavy atom. The van der Waals surface area contributed by atoms with Crippen LogP contribution in [-0.4, -0.2) is 32.3 Å². The second kappa shape index (κ2) is 12.5. The zero-order valence-electron chi connectivity index (χ0n) is 23.1. The molecule has 39 heavy (non-hydrogen) atoms. The van der Waals surface area contributed by atoms with Crippen molar-refractivity contribution in [3.63, 3.8) is 0 Å². The van der Waals surface area contributed by atoms with Gasteiger partial charge in [-0.25, -0.2) is 9.78 Å². The second-order valence-electron chi connectivity index (χ2n) is 10.6. The fourth-order valence-electron chi connectivity index (χ4n) is 5.08. The van der Waals surface area contributed by atoms with E-state index in [9.17, 15) is 14.7 Å². The van der Waals surface area contributed by atoms with Gasteiger partial charge < -0.3 is 15.0 Å². The van der Waals surface area contributed by atoms with Gasteiger partial charge in [-0.1, -0.05) is 63.2 Å². The Labute approximate surface area is 235 Å². The van der Waals surface area contributed by atoms with Crippen molar-refractivity contribution >= 4 is 41.2 Å². The molecule has 0 bridgehead atoms. The van der Waals surface area contributed by atoms with Crippen LogP contribution in [0.4, 0.5) is 5.69 Å². The van der Waals surface area contributed by atoms with Crippen LogP contribution >= 0.6 is 12.6 Å². The molecule has 4 rings (SSSR count). The van der Waals surface area contributed by atoms with Crippen LogP contribution in [0.25, 0.3) is 22.2 Å². The highest BCUT2D eigenvalue weighted by Gasteiger charge is 2.20. The van der Waals surface area contributed by atoms with Gasteiger partial charge in [-0.05, 0) is 66.1 Å². The summed E-state index contributed by atoms with van der Waals surface area (Å²) in [6.07, 6.45) is 2.60. The second-order valence-corrected chi connectivity index (χ2v) is 10.9. The van der Waals surface area contributed by atoms with E-state index in [0.717, 1.165) is 58.5 Å². The normalized spacial score (nSPS) is 12.2. The van der Waals surface area contributed by atoms with Crippen molar-refractivity contribution in [3.8, 4) is 11.1 Å². The molecule has 0 aliphatic heterocycles. The summed E-state index contributed by atoms with van der Waals surface area (Å²) in [5.74, 6) is 0.846. The molecular formula is C32H37N3O3S. The minimum Gasteiger partial charge on any atom is -0.478 e. The van der Waals surface area contributed by atoms with Gasteiger partial charge >= 0.3 is 5.97 Å². The molecule has 4 aromatic rings. The molecule has 0 fully saturated rings. The molecule has 3 aromatic carbocycles. The number of thiol groups is 1. The molecule has 7 heteroatoms. The number of amides is 1. The number of carboxylic acids is 1. The minimum absolute atomic E-state index is 0.00507. The molecule has 0 saturated carbocycles. The summed E-state index contributed by atoms with van der Waals surface area (Å²) in [6.45, 7) is 9.03. The van der Waals surface area contributed by atoms with E-state index in [0.29, 0.717) is 23.8 Å². The average Bonchev–Trinajstić information content (AvgIpc) is 3.25. The van der Waals surface area contributed by atoms with E-state index in [1.54, 1.807) is 12.1 Å². The monoisotopic (exact) mass is 543 g/mol. The summed E-state index contributed by atoms with van der Waals surface area (Å²) in [4.78, 5) is 29.7. The largest absolute Gasteiger partial charge is 0.478 e. The lowest BCUT2D eigenvalue weighted by atomic mass is 9.98. The first-order valence-corrected chi connectivity index (χ1v) is 14.2. The molecule has 1 aromatic heterocycles. The number of benzene rings is 3. The summed E-state index contributed by atoms with van der Waals surface area (Å²) in [7, 11) is 0. The average molecular weight is 544 g/mol. The number of carboxylic acid groups (broad SMARTS) is 1. The van der Waals surface area contributed by atoms with Crippen LogP contribution in [0.1, 0.15) is 60.9 Å². The third-order valence-electron chi connectivity index (χ3n) is 6.97. The zero-order chi connectivity index (χ0) is 28.1. The van der Waals surface area contributed by atoms with Crippen LogP contribution in [-0.2, 0) is 17.8 Å². The Balaban J connectivity index is 1.67. The Morgan fingerprint density at radius 2 is 1.79 bits per heavy atom. The number of hydrogen-bond donors (Lipinski definition) is 3. The number of rotatable bonds is 11. The highest BCUT2D eigenvalue weighted by molar-refractivity contribution is 7.80. The van der Waals surface area contributed by atoms with Gasteiger partial charge in [0.25, 0.3) is 0 Å². The van der Waals surface area contributed by atoms with E-state index >= 15 is 0 Å². The summed E-state index contributed by atoms with van der Waals surface area (Å²) < 4.78 is 2.23. The summed E-state index contributed by atoms with van der Waals surface area (Å²) >= 11 is 4.42. The van der Waals surface area contributed by atoms with E-state index < -0.39 is 5.97 Å². The van der Waals surface area contributed by atoms with Gasteiger partial charge in [0.2, 0.25) is 5.91 Å². The summed E-state index contributed by atoms with van der Waals surface area (Å²) in [6, 6.07) is 19.1. The van der Waals surface area contributed by atoms with Crippen molar-refractivity contribution in [2.24, 2.45) is 11.8 Å². The lowest BCUT2D eigenvalue weighted by Crippen LogP contribution is -2.25. The number of hydrogen-bond acceptors (Lipinski definition) is 4. The molecule has 0 unspecified atom stereocenters. The molecular weight excluding hydrogens is 506 g/mol. The molecule has 1 atom stereocenters. The molecule has 0 spiro atoms. The van der Waals surface area contributed by atoms with Gasteiger partial charge in [-0.15, -0.1) is 0 Å². The molecule has 204 valence electrons. The topological polar surface area (TPSA) is 84.2 Å². The fourth-order valence-corrected chi connectivity index (χ4v) is 5.39. The molecule has 0 saturated heterocycles. The van der Waals surface area contributed by atoms with Gasteiger partial charge in [0.15, 0.2) is 0 Å². The number of imidazole rings is 1. The first-order valence-electron chi connectivity index (χ1n) is 13.5. The Morgan fingerprint density at radius 1 is 1.08 bits per heavy atom. The molecule has 1 heterocycles. The van der Waals surface area contributed by atoms with Crippen LogP contribution in [0.3, 0.4) is 0 Å². The first-order chi connectivity index (χ1) is 18.7. The Bertz CT molecular complexity index is 1470. The highest BCUT2D eigenvalue weighted by Crippen LogP contribution is 2.29. The standard InChI is InChI=1S/C32H37N3O3S/c1-5-8-29-34-30-21(4)16-25(33-31(36)24(19-39)15-20(2)3)17-28(30)35(29)18-22-11-13-23(14-12-22)26-9-6-7-10-27(26)32(37)38/h6-7,9-14,16-17,20,24,39H,5,8,15,18-19H2,1-4H3,(H,33,36)(H,37,38)/t24-/m1/s1. The maximum atomic E-state index is 13.0. The lowest BCUT2D eigenvalue weighted by Gasteiger charge is -2.17. The minimum atomic E-state index is -0.938. The maximum absolute atomic E-state index is 13.0. The number of aromatic carboxylic acids is 1. The molecule has 0 aliphatic carbocycles. The number of anilines is 1. The van der Waals surface area contributed by atoms with Crippen molar-refractivity contribution in [2.45, 2.75) is 53.5 Å². The van der Waals surface area contributed by atoms with Crippen LogP contribution in [0.5, 0.6) is 0 Å². The SMILES string of the molecule is CCCc1nc2c(C)cc(NC(=O)[C@@H](CS)CC(C)C)cc2n1Cc1ccc(-c2ccccc2C(=O)O)cc1. The lowest BCUT2D eigenvalue weighted by molar-refractivity contribution is -0.119. The Hall–Kier alpha value is -3.58. The molecule has 6 nitrogen and oxygen atoms in total. The molecule has 0 aliphatic rings. The summed E-state index contributed by atoms with van der Waals surface area (Å²) in [5.41, 5.74) is 6.65. The third-order valence-corrected chi connectivity index (χ3v) is 7.42. The maximum Gasteiger partial charge on any atom is 0.336 e. The first kappa shape index (κ1) is 28.4. The van der Waals surface area contributed by atoms with Crippen LogP contribution in [0.15, 0.2) is 60.7 Å². The van der Waals surface area contributed by atoms with Gasteiger partial charge in [0.1, 0.15) is 5.82 Å². The van der Waals surface area contributed by atoms with Crippen molar-refractivity contribution in [2.75, 3.05) is 11.1 Å². The van der Waals surface area contributed by atoms with Crippen LogP contribution in [0.2, 0.25) is 0 Å². The summed E-state index contributed by atoms with van der Waals surface area (Å²) in [5, 5.41) is 12.7. The van der Waals surface area contributed by atoms with E-state index in [1.165, 1.54) is 0 Å². The van der Waals surface area contributed by atoms with Crippen molar-refractivity contribution in [1.29, 1.82) is 0 Å². The van der Waals surface area contributed by atoms with Crippen LogP contribution in [0, 0.1) is 18.8 Å². The molecule has 1 amide bonds. The number of carbonyl (C=O) groups excluding carboxylic acids is 1. The number of aryl methyl sites for hydroxylation is 2. The predicted molar refractivity (Wildman–Crippen MR) is 162 cm³/mol.